The third kappa shape index (κ3) is 5.91. The Morgan fingerprint density at radius 3 is 2.61 bits per heavy atom. The summed E-state index contributed by atoms with van der Waals surface area (Å²) in [6.07, 6.45) is 0.0787. The van der Waals surface area contributed by atoms with E-state index in [2.05, 4.69) is 14.9 Å². The maximum absolute atomic E-state index is 16.5. The summed E-state index contributed by atoms with van der Waals surface area (Å²) in [5, 5.41) is 19.1. The molecule has 3 aliphatic heterocycles. The van der Waals surface area contributed by atoms with E-state index in [0.29, 0.717) is 49.9 Å². The van der Waals surface area contributed by atoms with E-state index in [0.717, 1.165) is 44.0 Å². The Balaban J connectivity index is 0.000000361. The summed E-state index contributed by atoms with van der Waals surface area (Å²) < 4.78 is 92.6. The number of hydrogen-bond donors (Lipinski definition) is 2. The van der Waals surface area contributed by atoms with Gasteiger partial charge in [0.05, 0.1) is 29.0 Å². The second-order valence-electron chi connectivity index (χ2n) is 13.5. The smallest absolute Gasteiger partial charge is 0.417 e. The largest absolute Gasteiger partial charge is 0.467 e. The van der Waals surface area contributed by atoms with Gasteiger partial charge in [-0.25, -0.2) is 13.2 Å². The van der Waals surface area contributed by atoms with Gasteiger partial charge in [-0.3, -0.25) is 4.90 Å². The number of methoxy groups -OCH3 is 1. The molecule has 5 heterocycles. The number of ether oxygens (including phenoxy) is 1. The van der Waals surface area contributed by atoms with Crippen molar-refractivity contribution >= 4 is 43.1 Å². The zero-order valence-corrected chi connectivity index (χ0v) is 27.4. The minimum atomic E-state index is -5.03. The van der Waals surface area contributed by atoms with Gasteiger partial charge in [0.2, 0.25) is 0 Å². The summed E-state index contributed by atoms with van der Waals surface area (Å²) in [5.74, 6) is -2.00. The number of nitrogens with two attached hydrogens (primary N) is 1. The topological polar surface area (TPSA) is 112 Å². The van der Waals surface area contributed by atoms with Crippen LogP contribution in [0.1, 0.15) is 56.1 Å². The lowest BCUT2D eigenvalue weighted by atomic mass is 9.62. The molecule has 49 heavy (non-hydrogen) atoms. The van der Waals surface area contributed by atoms with Crippen molar-refractivity contribution in [1.82, 2.24) is 14.9 Å². The first kappa shape index (κ1) is 33.6. The van der Waals surface area contributed by atoms with Crippen molar-refractivity contribution in [2.45, 2.75) is 69.4 Å². The number of piperidine rings is 1. The number of halogens is 6. The highest BCUT2D eigenvalue weighted by Gasteiger charge is 2.47. The van der Waals surface area contributed by atoms with E-state index >= 15 is 4.39 Å². The van der Waals surface area contributed by atoms with E-state index in [1.807, 2.05) is 6.07 Å². The van der Waals surface area contributed by atoms with Crippen LogP contribution in [0.25, 0.3) is 32.1 Å². The molecule has 2 unspecified atom stereocenters. The molecular weight excluding hydrogens is 670 g/mol. The van der Waals surface area contributed by atoms with Crippen molar-refractivity contribution < 1.29 is 36.2 Å². The highest BCUT2D eigenvalue weighted by atomic mass is 32.1. The highest BCUT2D eigenvalue weighted by Crippen LogP contribution is 2.51. The maximum Gasteiger partial charge on any atom is 0.417 e. The number of hydrogen-bond acceptors (Lipinski definition) is 9. The van der Waals surface area contributed by atoms with Gasteiger partial charge in [0, 0.05) is 42.0 Å². The summed E-state index contributed by atoms with van der Waals surface area (Å²) in [7, 11) is 1.27. The van der Waals surface area contributed by atoms with E-state index < -0.39 is 46.7 Å². The van der Waals surface area contributed by atoms with Gasteiger partial charge in [-0.15, -0.1) is 11.3 Å². The second-order valence-corrected chi connectivity index (χ2v) is 14.6. The number of aromatic nitrogens is 2. The van der Waals surface area contributed by atoms with Crippen LogP contribution < -0.4 is 15.4 Å². The molecule has 4 aliphatic rings. The van der Waals surface area contributed by atoms with Crippen molar-refractivity contribution in [3.8, 4) is 23.2 Å². The van der Waals surface area contributed by atoms with Gasteiger partial charge in [0.1, 0.15) is 34.4 Å². The Morgan fingerprint density at radius 1 is 1.16 bits per heavy atom. The van der Waals surface area contributed by atoms with Gasteiger partial charge in [-0.2, -0.15) is 28.4 Å². The molecule has 0 bridgehead atoms. The molecule has 4 fully saturated rings. The van der Waals surface area contributed by atoms with E-state index in [9.17, 15) is 32.3 Å². The average molecular weight is 705 g/mol. The molecule has 0 radical (unpaired) electrons. The molecule has 0 amide bonds. The lowest BCUT2D eigenvalue weighted by Gasteiger charge is -2.51. The average Bonchev–Trinajstić information content (AvgIpc) is 3.73. The minimum Gasteiger partial charge on any atom is -0.467 e. The van der Waals surface area contributed by atoms with Crippen LogP contribution in [-0.2, 0) is 6.18 Å². The summed E-state index contributed by atoms with van der Waals surface area (Å²) in [5.41, 5.74) is 2.52. The van der Waals surface area contributed by atoms with E-state index in [4.69, 9.17) is 10.5 Å². The lowest BCUT2D eigenvalue weighted by molar-refractivity contribution is -0.137. The Hall–Kier alpha value is -3.87. The van der Waals surface area contributed by atoms with Gasteiger partial charge in [0.25, 0.3) is 0 Å². The fourth-order valence-corrected chi connectivity index (χ4v) is 9.16. The number of rotatable bonds is 3. The van der Waals surface area contributed by atoms with Crippen LogP contribution in [0.2, 0.25) is 0 Å². The number of nitriles is 1. The normalized spacial score (nSPS) is 25.3. The monoisotopic (exact) mass is 704 g/mol. The first-order chi connectivity index (χ1) is 23.3. The number of fused-ring (bicyclic) bond motifs is 3. The third-order valence-corrected chi connectivity index (χ3v) is 11.4. The molecule has 3 N–H and O–H groups in total. The second kappa shape index (κ2) is 12.5. The standard InChI is InChI=1S/C27H22F5N5O2S.C7H12FN/c1-39-25-35-21-14(24(36-25)37-6-2-5-26(11-37)8-12(38)9-26)7-16(27(30,31)32)19(20(21)29)13-3-4-17(28)22-18(13)15(10-33)23(34)40-22;8-6-4-7-2-1-3-9(7)5-6/h3-4,7,12,38H,2,5-6,8-9,11,34H2,1H3;6-7H,1-5H2. The fraction of sp³-hybridized carbons (Fsp3) is 0.500. The Morgan fingerprint density at radius 2 is 1.94 bits per heavy atom. The molecular formula is C34H34F6N6O2S. The first-order valence-electron chi connectivity index (χ1n) is 16.2. The molecule has 1 saturated carbocycles. The molecule has 8 rings (SSSR count). The molecule has 1 spiro atoms. The third-order valence-electron chi connectivity index (χ3n) is 10.3. The van der Waals surface area contributed by atoms with E-state index in [1.165, 1.54) is 20.0 Å². The number of nitrogen functional groups attached to an aromatic ring is 1. The highest BCUT2D eigenvalue weighted by molar-refractivity contribution is 7.23. The number of benzene rings is 2. The van der Waals surface area contributed by atoms with Crippen LogP contribution in [0.5, 0.6) is 6.01 Å². The van der Waals surface area contributed by atoms with Gasteiger partial charge < -0.3 is 20.5 Å². The molecule has 4 aromatic rings. The van der Waals surface area contributed by atoms with Gasteiger partial charge in [-0.1, -0.05) is 6.07 Å². The summed E-state index contributed by atoms with van der Waals surface area (Å²) in [6.45, 7) is 2.76. The van der Waals surface area contributed by atoms with E-state index in [1.54, 1.807) is 4.90 Å². The Bertz CT molecular complexity index is 1960. The van der Waals surface area contributed by atoms with Crippen LogP contribution in [-0.4, -0.2) is 71.6 Å². The van der Waals surface area contributed by atoms with Crippen LogP contribution in [0, 0.1) is 28.4 Å². The molecule has 2 atom stereocenters. The minimum absolute atomic E-state index is 0.0926. The van der Waals surface area contributed by atoms with E-state index in [-0.39, 0.29) is 48.8 Å². The SMILES string of the molecule is COc1nc(N2CCCC3(CC(O)C3)C2)c2cc(C(F)(F)F)c(-c3ccc(F)c4sc(N)c(C#N)c34)c(F)c2n1.FC1CC2CCCN2C1. The van der Waals surface area contributed by atoms with Crippen molar-refractivity contribution in [3.05, 3.63) is 41.0 Å². The molecule has 260 valence electrons. The number of aliphatic hydroxyl groups is 1. The summed E-state index contributed by atoms with van der Waals surface area (Å²) in [4.78, 5) is 12.5. The predicted molar refractivity (Wildman–Crippen MR) is 174 cm³/mol. The Labute approximate surface area is 282 Å². The Kier molecular flexibility index (Phi) is 8.56. The number of nitrogens with zero attached hydrogens (tertiary/aromatic N) is 5. The quantitative estimate of drug-likeness (QED) is 0.216. The zero-order valence-electron chi connectivity index (χ0n) is 26.6. The van der Waals surface area contributed by atoms with Crippen molar-refractivity contribution in [3.63, 3.8) is 0 Å². The van der Waals surface area contributed by atoms with Crippen LogP contribution in [0.4, 0.5) is 37.2 Å². The molecule has 2 aromatic carbocycles. The number of anilines is 2. The molecule has 2 aromatic heterocycles. The number of alkyl halides is 4. The lowest BCUT2D eigenvalue weighted by Crippen LogP contribution is -2.52. The van der Waals surface area contributed by atoms with Gasteiger partial charge in [-0.05, 0) is 74.6 Å². The van der Waals surface area contributed by atoms with Crippen LogP contribution in [0.3, 0.4) is 0 Å². The van der Waals surface area contributed by atoms with Gasteiger partial charge >= 0.3 is 12.2 Å². The van der Waals surface area contributed by atoms with Gasteiger partial charge in [0.15, 0.2) is 5.82 Å². The number of thiophene rings is 1. The van der Waals surface area contributed by atoms with Crippen LogP contribution in [0.15, 0.2) is 18.2 Å². The predicted octanol–water partition coefficient (Wildman–Crippen LogP) is 7.20. The summed E-state index contributed by atoms with van der Waals surface area (Å²) in [6, 6.07) is 4.92. The van der Waals surface area contributed by atoms with Crippen molar-refractivity contribution in [2.75, 3.05) is 43.9 Å². The van der Waals surface area contributed by atoms with Crippen molar-refractivity contribution in [1.29, 1.82) is 5.26 Å². The molecule has 3 saturated heterocycles. The first-order valence-corrected chi connectivity index (χ1v) is 17.0. The number of aliphatic hydroxyl groups excluding tert-OH is 1. The molecule has 15 heteroatoms. The van der Waals surface area contributed by atoms with Crippen LogP contribution >= 0.6 is 11.3 Å². The summed E-state index contributed by atoms with van der Waals surface area (Å²) >= 11 is 0.703. The molecule has 1 aliphatic carbocycles. The fourth-order valence-electron chi connectivity index (χ4n) is 8.21. The van der Waals surface area contributed by atoms with Crippen molar-refractivity contribution in [2.24, 2.45) is 5.41 Å². The maximum atomic E-state index is 16.5. The zero-order chi connectivity index (χ0) is 34.8. The molecule has 8 nitrogen and oxygen atoms in total.